The Labute approximate surface area is 101 Å². The molecule has 3 nitrogen and oxygen atoms in total. The number of rotatable bonds is 3. The van der Waals surface area contributed by atoms with E-state index < -0.39 is 0 Å². The van der Waals surface area contributed by atoms with Gasteiger partial charge < -0.3 is 5.11 Å². The van der Waals surface area contributed by atoms with E-state index in [1.165, 1.54) is 35.4 Å². The molecule has 0 aliphatic rings. The molecule has 1 aromatic heterocycles. The highest BCUT2D eigenvalue weighted by Gasteiger charge is 2.08. The maximum Gasteiger partial charge on any atom is 0.174 e. The second-order valence-electron chi connectivity index (χ2n) is 3.12. The largest absolute Gasteiger partial charge is 0.392 e. The second-order valence-corrected chi connectivity index (χ2v) is 5.16. The van der Waals surface area contributed by atoms with E-state index in [0.717, 1.165) is 15.1 Å². The molecule has 0 saturated carbocycles. The molecule has 1 aromatic carbocycles. The molecule has 0 unspecified atom stereocenters. The lowest BCUT2D eigenvalue weighted by molar-refractivity contribution is 0.278. The van der Waals surface area contributed by atoms with Crippen LogP contribution in [0.15, 0.2) is 27.4 Å². The van der Waals surface area contributed by atoms with Crippen LogP contribution in [0, 0.1) is 12.7 Å². The van der Waals surface area contributed by atoms with Gasteiger partial charge >= 0.3 is 0 Å². The number of benzene rings is 1. The lowest BCUT2D eigenvalue weighted by Gasteiger charge is -2.04. The third-order valence-electron chi connectivity index (χ3n) is 1.90. The fourth-order valence-electron chi connectivity index (χ4n) is 1.18. The van der Waals surface area contributed by atoms with Gasteiger partial charge in [0.2, 0.25) is 0 Å². The van der Waals surface area contributed by atoms with Crippen LogP contribution in [0.25, 0.3) is 0 Å². The SMILES string of the molecule is Cc1nsc(Sc2ccc(F)cc2CO)n1. The minimum absolute atomic E-state index is 0.183. The minimum atomic E-state index is -0.346. The highest BCUT2D eigenvalue weighted by atomic mass is 32.2. The predicted octanol–water partition coefficient (Wildman–Crippen LogP) is 2.63. The summed E-state index contributed by atoms with van der Waals surface area (Å²) >= 11 is 2.68. The number of aryl methyl sites for hydroxylation is 1. The van der Waals surface area contributed by atoms with Crippen LogP contribution in [0.1, 0.15) is 11.4 Å². The quantitative estimate of drug-likeness (QED) is 0.917. The monoisotopic (exact) mass is 256 g/mol. The van der Waals surface area contributed by atoms with Crippen molar-refractivity contribution in [2.75, 3.05) is 0 Å². The highest BCUT2D eigenvalue weighted by molar-refractivity contribution is 8.01. The molecular formula is C10H9FN2OS2. The molecule has 0 fully saturated rings. The van der Waals surface area contributed by atoms with Crippen LogP contribution in [0.5, 0.6) is 0 Å². The number of hydrogen-bond donors (Lipinski definition) is 1. The van der Waals surface area contributed by atoms with Gasteiger partial charge in [0, 0.05) is 4.90 Å². The molecule has 0 amide bonds. The van der Waals surface area contributed by atoms with Crippen molar-refractivity contribution in [2.24, 2.45) is 0 Å². The predicted molar refractivity (Wildman–Crippen MR) is 61.1 cm³/mol. The molecule has 1 N–H and O–H groups in total. The molecule has 1 heterocycles. The molecular weight excluding hydrogens is 247 g/mol. The van der Waals surface area contributed by atoms with E-state index >= 15 is 0 Å². The summed E-state index contributed by atoms with van der Waals surface area (Å²) in [5.74, 6) is 0.377. The van der Waals surface area contributed by atoms with Gasteiger partial charge in [-0.15, -0.1) is 0 Å². The molecule has 6 heteroatoms. The summed E-state index contributed by atoms with van der Waals surface area (Å²) in [6.45, 7) is 1.63. The second kappa shape index (κ2) is 4.90. The van der Waals surface area contributed by atoms with Gasteiger partial charge in [-0.2, -0.15) is 4.37 Å². The number of hydrogen-bond acceptors (Lipinski definition) is 5. The molecule has 2 aromatic rings. The minimum Gasteiger partial charge on any atom is -0.392 e. The smallest absolute Gasteiger partial charge is 0.174 e. The van der Waals surface area contributed by atoms with Crippen molar-refractivity contribution in [1.82, 2.24) is 9.36 Å². The maximum absolute atomic E-state index is 12.9. The molecule has 0 radical (unpaired) electrons. The number of aromatic nitrogens is 2. The zero-order valence-electron chi connectivity index (χ0n) is 8.48. The van der Waals surface area contributed by atoms with Crippen LogP contribution in [0.3, 0.4) is 0 Å². The topological polar surface area (TPSA) is 46.0 Å². The maximum atomic E-state index is 12.9. The van der Waals surface area contributed by atoms with E-state index in [9.17, 15) is 4.39 Å². The summed E-state index contributed by atoms with van der Waals surface area (Å²) in [7, 11) is 0. The Morgan fingerprint density at radius 1 is 1.50 bits per heavy atom. The van der Waals surface area contributed by atoms with Crippen LogP contribution in [-0.2, 0) is 6.61 Å². The van der Waals surface area contributed by atoms with E-state index in [1.807, 2.05) is 6.92 Å². The van der Waals surface area contributed by atoms with Crippen molar-refractivity contribution in [2.45, 2.75) is 22.8 Å². The van der Waals surface area contributed by atoms with Crippen LogP contribution in [-0.4, -0.2) is 14.5 Å². The molecule has 84 valence electrons. The van der Waals surface area contributed by atoms with Crippen LogP contribution >= 0.6 is 23.3 Å². The first kappa shape index (κ1) is 11.5. The molecule has 0 aliphatic carbocycles. The van der Waals surface area contributed by atoms with Crippen LogP contribution in [0.4, 0.5) is 4.39 Å². The summed E-state index contributed by atoms with van der Waals surface area (Å²) in [5.41, 5.74) is 0.567. The lowest BCUT2D eigenvalue weighted by Crippen LogP contribution is -1.89. The van der Waals surface area contributed by atoms with Crippen molar-refractivity contribution in [3.8, 4) is 0 Å². The van der Waals surface area contributed by atoms with Crippen molar-refractivity contribution < 1.29 is 9.50 Å². The van der Waals surface area contributed by atoms with E-state index in [1.54, 1.807) is 6.07 Å². The Balaban J connectivity index is 2.27. The molecule has 0 atom stereocenters. The number of aliphatic hydroxyl groups is 1. The van der Waals surface area contributed by atoms with E-state index in [4.69, 9.17) is 5.11 Å². The van der Waals surface area contributed by atoms with Gasteiger partial charge in [0.15, 0.2) is 4.34 Å². The zero-order chi connectivity index (χ0) is 11.5. The standard InChI is InChI=1S/C10H9FN2OS2/c1-6-12-10(16-13-6)15-9-3-2-8(11)4-7(9)5-14/h2-4,14H,5H2,1H3. The van der Waals surface area contributed by atoms with Crippen molar-refractivity contribution in [3.05, 3.63) is 35.4 Å². The van der Waals surface area contributed by atoms with Gasteiger partial charge in [0.1, 0.15) is 11.6 Å². The molecule has 0 aliphatic heterocycles. The van der Waals surface area contributed by atoms with Crippen molar-refractivity contribution >= 4 is 23.3 Å². The van der Waals surface area contributed by atoms with Crippen LogP contribution < -0.4 is 0 Å². The third-order valence-corrected chi connectivity index (χ3v) is 3.86. The first-order chi connectivity index (χ1) is 7.69. The molecule has 2 rings (SSSR count). The number of nitrogens with zero attached hydrogens (tertiary/aromatic N) is 2. The lowest BCUT2D eigenvalue weighted by atomic mass is 10.2. The fourth-order valence-corrected chi connectivity index (χ4v) is 2.90. The Morgan fingerprint density at radius 2 is 2.31 bits per heavy atom. The molecule has 0 bridgehead atoms. The summed E-state index contributed by atoms with van der Waals surface area (Å²) < 4.78 is 17.8. The first-order valence-electron chi connectivity index (χ1n) is 4.56. The van der Waals surface area contributed by atoms with Gasteiger partial charge in [0.05, 0.1) is 6.61 Å². The van der Waals surface area contributed by atoms with Gasteiger partial charge in [-0.1, -0.05) is 11.8 Å². The first-order valence-corrected chi connectivity index (χ1v) is 6.15. The Kier molecular flexibility index (Phi) is 3.52. The highest BCUT2D eigenvalue weighted by Crippen LogP contribution is 2.31. The molecule has 16 heavy (non-hydrogen) atoms. The van der Waals surface area contributed by atoms with Gasteiger partial charge in [-0.3, -0.25) is 0 Å². The summed E-state index contributed by atoms with van der Waals surface area (Å²) in [4.78, 5) is 5.00. The van der Waals surface area contributed by atoms with E-state index in [0.29, 0.717) is 5.56 Å². The molecule has 0 saturated heterocycles. The Hall–Kier alpha value is -0.980. The van der Waals surface area contributed by atoms with Crippen LogP contribution in [0.2, 0.25) is 0 Å². The number of halogens is 1. The van der Waals surface area contributed by atoms with Gasteiger partial charge in [0.25, 0.3) is 0 Å². The van der Waals surface area contributed by atoms with Crippen molar-refractivity contribution in [3.63, 3.8) is 0 Å². The summed E-state index contributed by atoms with van der Waals surface area (Å²) in [5, 5.41) is 9.11. The molecule has 0 spiro atoms. The average molecular weight is 256 g/mol. The Morgan fingerprint density at radius 3 is 2.94 bits per heavy atom. The third kappa shape index (κ3) is 2.58. The normalized spacial score (nSPS) is 10.7. The average Bonchev–Trinajstić information content (AvgIpc) is 2.67. The van der Waals surface area contributed by atoms with Gasteiger partial charge in [-0.05, 0) is 42.2 Å². The number of aliphatic hydroxyl groups excluding tert-OH is 1. The van der Waals surface area contributed by atoms with Gasteiger partial charge in [-0.25, -0.2) is 9.37 Å². The fraction of sp³-hybridized carbons (Fsp3) is 0.200. The zero-order valence-corrected chi connectivity index (χ0v) is 10.1. The summed E-state index contributed by atoms with van der Waals surface area (Å²) in [6, 6.07) is 4.34. The van der Waals surface area contributed by atoms with E-state index in [2.05, 4.69) is 9.36 Å². The summed E-state index contributed by atoms with van der Waals surface area (Å²) in [6.07, 6.45) is 0. The van der Waals surface area contributed by atoms with E-state index in [-0.39, 0.29) is 12.4 Å². The van der Waals surface area contributed by atoms with Crippen molar-refractivity contribution in [1.29, 1.82) is 0 Å². The Bertz CT molecular complexity index is 501.